The Bertz CT molecular complexity index is 989. The van der Waals surface area contributed by atoms with Crippen LogP contribution in [-0.2, 0) is 11.0 Å². The number of hydrogen-bond acceptors (Lipinski definition) is 2. The van der Waals surface area contributed by atoms with Crippen molar-refractivity contribution in [3.8, 4) is 0 Å². The lowest BCUT2D eigenvalue weighted by Crippen LogP contribution is -2.51. The Morgan fingerprint density at radius 2 is 1.61 bits per heavy atom. The Kier molecular flexibility index (Phi) is 5.94. The van der Waals surface area contributed by atoms with E-state index in [9.17, 15) is 18.0 Å². The maximum absolute atomic E-state index is 13.5. The second-order valence-electron chi connectivity index (χ2n) is 10.3. The van der Waals surface area contributed by atoms with Crippen LogP contribution >= 0.6 is 11.6 Å². The van der Waals surface area contributed by atoms with Gasteiger partial charge in [-0.25, -0.2) is 0 Å². The van der Waals surface area contributed by atoms with Gasteiger partial charge in [0.15, 0.2) is 0 Å². The Balaban J connectivity index is 1.37. The van der Waals surface area contributed by atoms with Crippen molar-refractivity contribution in [2.24, 2.45) is 23.2 Å². The number of anilines is 1. The third kappa shape index (κ3) is 4.78. The third-order valence-electron chi connectivity index (χ3n) is 7.79. The second-order valence-corrected chi connectivity index (χ2v) is 10.8. The Labute approximate surface area is 197 Å². The molecule has 2 N–H and O–H groups in total. The minimum atomic E-state index is -4.62. The number of nitrogens with one attached hydrogen (secondary N) is 2. The summed E-state index contributed by atoms with van der Waals surface area (Å²) < 4.78 is 40.6. The first-order valence-electron chi connectivity index (χ1n) is 11.7. The lowest BCUT2D eigenvalue weighted by molar-refractivity contribution is -0.137. The lowest BCUT2D eigenvalue weighted by Gasteiger charge is -2.57. The molecule has 2 aromatic carbocycles. The van der Waals surface area contributed by atoms with Gasteiger partial charge in [0.25, 0.3) is 0 Å². The molecular formula is C26H28ClF3N2O. The van der Waals surface area contributed by atoms with Crippen LogP contribution in [-0.4, -0.2) is 12.5 Å². The molecule has 1 amide bonds. The van der Waals surface area contributed by atoms with E-state index in [0.29, 0.717) is 6.54 Å². The molecule has 0 aromatic heterocycles. The fourth-order valence-electron chi connectivity index (χ4n) is 6.90. The zero-order valence-corrected chi connectivity index (χ0v) is 19.1. The van der Waals surface area contributed by atoms with Gasteiger partial charge in [-0.15, -0.1) is 0 Å². The molecule has 4 aliphatic rings. The second kappa shape index (κ2) is 8.62. The van der Waals surface area contributed by atoms with Crippen LogP contribution < -0.4 is 10.6 Å². The first-order chi connectivity index (χ1) is 15.7. The Morgan fingerprint density at radius 3 is 2.18 bits per heavy atom. The molecular weight excluding hydrogens is 449 g/mol. The minimum absolute atomic E-state index is 0.0279. The van der Waals surface area contributed by atoms with E-state index in [1.165, 1.54) is 50.7 Å². The van der Waals surface area contributed by atoms with E-state index in [4.69, 9.17) is 11.6 Å². The van der Waals surface area contributed by atoms with Crippen LogP contribution in [0.1, 0.15) is 55.7 Å². The van der Waals surface area contributed by atoms with Crippen molar-refractivity contribution in [2.45, 2.75) is 50.7 Å². The van der Waals surface area contributed by atoms with E-state index in [1.54, 1.807) is 0 Å². The number of carbonyl (C=O) groups excluding carboxylic acids is 1. The molecule has 3 nitrogen and oxygen atoms in total. The number of rotatable bonds is 6. The zero-order chi connectivity index (χ0) is 23.2. The maximum Gasteiger partial charge on any atom is 0.418 e. The van der Waals surface area contributed by atoms with Crippen molar-refractivity contribution in [3.05, 3.63) is 64.7 Å². The summed E-state index contributed by atoms with van der Waals surface area (Å²) in [6, 6.07) is 11.9. The number of benzene rings is 2. The highest BCUT2D eigenvalue weighted by atomic mass is 35.5. The number of amides is 1. The van der Waals surface area contributed by atoms with Crippen molar-refractivity contribution in [2.75, 3.05) is 11.9 Å². The molecule has 7 heteroatoms. The molecule has 1 atom stereocenters. The predicted octanol–water partition coefficient (Wildman–Crippen LogP) is 6.84. The van der Waals surface area contributed by atoms with Gasteiger partial charge >= 0.3 is 6.18 Å². The molecule has 0 radical (unpaired) electrons. The summed E-state index contributed by atoms with van der Waals surface area (Å²) >= 11 is 5.79. The average Bonchev–Trinajstić information content (AvgIpc) is 2.74. The number of alkyl halides is 3. The summed E-state index contributed by atoms with van der Waals surface area (Å²) in [5.74, 6) is 1.85. The van der Waals surface area contributed by atoms with Gasteiger partial charge in [-0.1, -0.05) is 41.9 Å². The SMILES string of the molecule is O=C(Nc1ccc(Cl)cc1C(F)(F)F)C(NCC12CC3CC(CC(C3)C1)C2)c1ccccc1. The van der Waals surface area contributed by atoms with Crippen LogP contribution in [0.15, 0.2) is 48.5 Å². The number of halogens is 4. The molecule has 0 spiro atoms. The molecule has 0 aliphatic heterocycles. The van der Waals surface area contributed by atoms with Gasteiger partial charge in [-0.2, -0.15) is 13.2 Å². The maximum atomic E-state index is 13.5. The van der Waals surface area contributed by atoms with Gasteiger partial charge in [0.05, 0.1) is 11.3 Å². The summed E-state index contributed by atoms with van der Waals surface area (Å²) in [6.07, 6.45) is 2.93. The molecule has 0 saturated heterocycles. The Morgan fingerprint density at radius 1 is 1.00 bits per heavy atom. The standard InChI is InChI=1S/C26H28ClF3N2O/c27-20-6-7-22(21(11-20)26(28,29)30)32-24(33)23(19-4-2-1-3-5-19)31-15-25-12-16-8-17(13-25)10-18(9-16)14-25/h1-7,11,16-18,23,31H,8-10,12-15H2,(H,32,33). The quantitative estimate of drug-likeness (QED) is 0.479. The third-order valence-corrected chi connectivity index (χ3v) is 8.02. The van der Waals surface area contributed by atoms with Crippen LogP contribution in [0, 0.1) is 23.2 Å². The molecule has 176 valence electrons. The molecule has 2 aromatic rings. The minimum Gasteiger partial charge on any atom is -0.324 e. The average molecular weight is 477 g/mol. The monoisotopic (exact) mass is 476 g/mol. The number of carbonyl (C=O) groups is 1. The summed E-state index contributed by atoms with van der Waals surface area (Å²) in [6.45, 7) is 0.705. The smallest absolute Gasteiger partial charge is 0.324 e. The molecule has 4 fully saturated rings. The van der Waals surface area contributed by atoms with E-state index in [1.807, 2.05) is 30.3 Å². The molecule has 33 heavy (non-hydrogen) atoms. The largest absolute Gasteiger partial charge is 0.418 e. The molecule has 4 saturated carbocycles. The molecule has 6 rings (SSSR count). The van der Waals surface area contributed by atoms with E-state index < -0.39 is 23.7 Å². The van der Waals surface area contributed by atoms with Crippen LogP contribution in [0.2, 0.25) is 5.02 Å². The van der Waals surface area contributed by atoms with Crippen LogP contribution in [0.25, 0.3) is 0 Å². The van der Waals surface area contributed by atoms with E-state index >= 15 is 0 Å². The molecule has 1 unspecified atom stereocenters. The zero-order valence-electron chi connectivity index (χ0n) is 18.3. The summed E-state index contributed by atoms with van der Waals surface area (Å²) in [5.41, 5.74) is -0.299. The predicted molar refractivity (Wildman–Crippen MR) is 123 cm³/mol. The van der Waals surface area contributed by atoms with Gasteiger partial charge in [0, 0.05) is 11.6 Å². The van der Waals surface area contributed by atoms with Crippen molar-refractivity contribution >= 4 is 23.2 Å². The van der Waals surface area contributed by atoms with Crippen molar-refractivity contribution in [3.63, 3.8) is 0 Å². The highest BCUT2D eigenvalue weighted by Crippen LogP contribution is 2.59. The van der Waals surface area contributed by atoms with Crippen LogP contribution in [0.5, 0.6) is 0 Å². The van der Waals surface area contributed by atoms with Gasteiger partial charge in [-0.05, 0) is 85.5 Å². The van der Waals surface area contributed by atoms with Crippen LogP contribution in [0.3, 0.4) is 0 Å². The highest BCUT2D eigenvalue weighted by Gasteiger charge is 2.50. The topological polar surface area (TPSA) is 41.1 Å². The molecule has 4 aliphatic carbocycles. The first kappa shape index (κ1) is 22.7. The van der Waals surface area contributed by atoms with E-state index in [-0.39, 0.29) is 16.1 Å². The first-order valence-corrected chi connectivity index (χ1v) is 12.0. The Hall–Kier alpha value is -2.05. The molecule has 0 heterocycles. The summed E-state index contributed by atoms with van der Waals surface area (Å²) in [5, 5.41) is 5.96. The van der Waals surface area contributed by atoms with Gasteiger partial charge in [0.1, 0.15) is 6.04 Å². The van der Waals surface area contributed by atoms with Crippen LogP contribution in [0.4, 0.5) is 18.9 Å². The normalized spacial score (nSPS) is 29.2. The fourth-order valence-corrected chi connectivity index (χ4v) is 7.07. The van der Waals surface area contributed by atoms with Gasteiger partial charge in [0.2, 0.25) is 5.91 Å². The van der Waals surface area contributed by atoms with Gasteiger partial charge < -0.3 is 10.6 Å². The van der Waals surface area contributed by atoms with Crippen molar-refractivity contribution in [1.82, 2.24) is 5.32 Å². The summed E-state index contributed by atoms with van der Waals surface area (Å²) in [7, 11) is 0. The summed E-state index contributed by atoms with van der Waals surface area (Å²) in [4.78, 5) is 13.3. The van der Waals surface area contributed by atoms with E-state index in [0.717, 1.165) is 29.4 Å². The number of hydrogen-bond donors (Lipinski definition) is 2. The molecule has 4 bridgehead atoms. The van der Waals surface area contributed by atoms with Crippen molar-refractivity contribution < 1.29 is 18.0 Å². The highest BCUT2D eigenvalue weighted by molar-refractivity contribution is 6.30. The van der Waals surface area contributed by atoms with E-state index in [2.05, 4.69) is 10.6 Å². The fraction of sp³-hybridized carbons (Fsp3) is 0.500. The lowest BCUT2D eigenvalue weighted by atomic mass is 9.49. The van der Waals surface area contributed by atoms with Gasteiger partial charge in [-0.3, -0.25) is 4.79 Å². The van der Waals surface area contributed by atoms with Crippen molar-refractivity contribution in [1.29, 1.82) is 0 Å².